The van der Waals surface area contributed by atoms with Gasteiger partial charge in [-0.25, -0.2) is 4.98 Å². The fourth-order valence-electron chi connectivity index (χ4n) is 3.37. The summed E-state index contributed by atoms with van der Waals surface area (Å²) in [5.74, 6) is 0.873. The molecule has 0 aliphatic carbocycles. The molecule has 0 fully saturated rings. The van der Waals surface area contributed by atoms with Crippen LogP contribution < -0.4 is 10.1 Å². The normalized spacial score (nSPS) is 14.5. The number of benzene rings is 1. The molecule has 0 amide bonds. The quantitative estimate of drug-likeness (QED) is 0.787. The summed E-state index contributed by atoms with van der Waals surface area (Å²) in [6, 6.07) is 8.37. The van der Waals surface area contributed by atoms with E-state index in [1.807, 2.05) is 6.07 Å². The number of nitrogens with one attached hydrogen (secondary N) is 1. The minimum Gasteiger partial charge on any atom is -0.497 e. The summed E-state index contributed by atoms with van der Waals surface area (Å²) >= 11 is 0. The summed E-state index contributed by atoms with van der Waals surface area (Å²) in [5, 5.41) is 9.35. The van der Waals surface area contributed by atoms with Crippen molar-refractivity contribution in [3.63, 3.8) is 0 Å². The summed E-state index contributed by atoms with van der Waals surface area (Å²) in [7, 11) is 1.70. The molecule has 24 heavy (non-hydrogen) atoms. The van der Waals surface area contributed by atoms with E-state index >= 15 is 0 Å². The van der Waals surface area contributed by atoms with Crippen molar-refractivity contribution in [3.05, 3.63) is 41.1 Å². The lowest BCUT2D eigenvalue weighted by atomic mass is 10.0. The molecule has 0 saturated heterocycles. The Labute approximate surface area is 141 Å². The number of hydrogen-bond donors (Lipinski definition) is 1. The predicted octanol–water partition coefficient (Wildman–Crippen LogP) is 3.22. The zero-order valence-electron chi connectivity index (χ0n) is 14.4. The van der Waals surface area contributed by atoms with E-state index in [4.69, 9.17) is 14.8 Å². The van der Waals surface area contributed by atoms with Crippen LogP contribution in [0.2, 0.25) is 0 Å². The SMILES string of the molecule is COc1cc(C)c2nc(-c3cc4n(n3)CCCNC4)cc(C)c2c1. The van der Waals surface area contributed by atoms with E-state index in [1.54, 1.807) is 7.11 Å². The number of aromatic nitrogens is 3. The van der Waals surface area contributed by atoms with Crippen molar-refractivity contribution < 1.29 is 4.74 Å². The lowest BCUT2D eigenvalue weighted by Gasteiger charge is -2.10. The molecule has 1 aliphatic rings. The van der Waals surface area contributed by atoms with Gasteiger partial charge in [-0.1, -0.05) is 0 Å². The Kier molecular flexibility index (Phi) is 3.73. The van der Waals surface area contributed by atoms with Crippen molar-refractivity contribution in [2.24, 2.45) is 0 Å². The third kappa shape index (κ3) is 2.55. The molecule has 5 nitrogen and oxygen atoms in total. The molecule has 0 bridgehead atoms. The van der Waals surface area contributed by atoms with Crippen molar-refractivity contribution >= 4 is 10.9 Å². The van der Waals surface area contributed by atoms with Gasteiger partial charge >= 0.3 is 0 Å². The first-order valence-corrected chi connectivity index (χ1v) is 8.39. The van der Waals surface area contributed by atoms with Crippen LogP contribution in [0.25, 0.3) is 22.3 Å². The molecule has 3 heterocycles. The highest BCUT2D eigenvalue weighted by Crippen LogP contribution is 2.29. The van der Waals surface area contributed by atoms with Crippen LogP contribution >= 0.6 is 0 Å². The molecule has 0 atom stereocenters. The van der Waals surface area contributed by atoms with Gasteiger partial charge in [0.15, 0.2) is 0 Å². The van der Waals surface area contributed by atoms with E-state index in [1.165, 1.54) is 11.3 Å². The highest BCUT2D eigenvalue weighted by atomic mass is 16.5. The first-order valence-electron chi connectivity index (χ1n) is 8.39. The molecule has 2 aromatic heterocycles. The molecule has 0 saturated carbocycles. The third-order valence-electron chi connectivity index (χ3n) is 4.68. The minimum absolute atomic E-state index is 0.871. The highest BCUT2D eigenvalue weighted by molar-refractivity contribution is 5.88. The van der Waals surface area contributed by atoms with Crippen LogP contribution in [0.1, 0.15) is 23.2 Å². The van der Waals surface area contributed by atoms with Gasteiger partial charge < -0.3 is 10.1 Å². The molecule has 3 aromatic rings. The van der Waals surface area contributed by atoms with Crippen LogP contribution in [0.4, 0.5) is 0 Å². The molecular weight excluding hydrogens is 300 g/mol. The maximum Gasteiger partial charge on any atom is 0.119 e. The zero-order chi connectivity index (χ0) is 16.7. The number of pyridine rings is 1. The maximum absolute atomic E-state index is 5.39. The number of methoxy groups -OCH3 is 1. The van der Waals surface area contributed by atoms with E-state index in [9.17, 15) is 0 Å². The van der Waals surface area contributed by atoms with Crippen LogP contribution in [0, 0.1) is 13.8 Å². The smallest absolute Gasteiger partial charge is 0.119 e. The van der Waals surface area contributed by atoms with Crippen molar-refractivity contribution in [1.29, 1.82) is 0 Å². The predicted molar refractivity (Wildman–Crippen MR) is 95.3 cm³/mol. The van der Waals surface area contributed by atoms with Crippen LogP contribution in [-0.2, 0) is 13.1 Å². The van der Waals surface area contributed by atoms with Gasteiger partial charge in [0.25, 0.3) is 0 Å². The van der Waals surface area contributed by atoms with E-state index in [0.29, 0.717) is 0 Å². The molecule has 0 radical (unpaired) electrons. The Morgan fingerprint density at radius 1 is 1.08 bits per heavy atom. The van der Waals surface area contributed by atoms with Gasteiger partial charge in [-0.05, 0) is 62.2 Å². The Morgan fingerprint density at radius 2 is 1.96 bits per heavy atom. The maximum atomic E-state index is 5.39. The molecule has 0 unspecified atom stereocenters. The van der Waals surface area contributed by atoms with E-state index < -0.39 is 0 Å². The number of fused-ring (bicyclic) bond motifs is 2. The Morgan fingerprint density at radius 3 is 2.79 bits per heavy atom. The van der Waals surface area contributed by atoms with Gasteiger partial charge in [-0.15, -0.1) is 0 Å². The Balaban J connectivity index is 1.84. The summed E-state index contributed by atoms with van der Waals surface area (Å²) < 4.78 is 7.50. The van der Waals surface area contributed by atoms with Gasteiger partial charge in [0.1, 0.15) is 11.4 Å². The van der Waals surface area contributed by atoms with Gasteiger partial charge in [0, 0.05) is 18.5 Å². The fraction of sp³-hybridized carbons (Fsp3) is 0.368. The molecule has 1 aromatic carbocycles. The third-order valence-corrected chi connectivity index (χ3v) is 4.68. The van der Waals surface area contributed by atoms with Gasteiger partial charge in [0.2, 0.25) is 0 Å². The Hall–Kier alpha value is -2.40. The number of aryl methyl sites for hydroxylation is 3. The largest absolute Gasteiger partial charge is 0.497 e. The minimum atomic E-state index is 0.871. The van der Waals surface area contributed by atoms with E-state index in [2.05, 4.69) is 42.0 Å². The molecule has 0 spiro atoms. The van der Waals surface area contributed by atoms with Crippen molar-refractivity contribution in [2.45, 2.75) is 33.4 Å². The summed E-state index contributed by atoms with van der Waals surface area (Å²) in [6.07, 6.45) is 1.11. The second kappa shape index (κ2) is 5.91. The molecule has 4 rings (SSSR count). The highest BCUT2D eigenvalue weighted by Gasteiger charge is 2.15. The first-order chi connectivity index (χ1) is 11.7. The number of rotatable bonds is 2. The van der Waals surface area contributed by atoms with Crippen molar-refractivity contribution in [2.75, 3.05) is 13.7 Å². The lowest BCUT2D eigenvalue weighted by molar-refractivity contribution is 0.415. The molecule has 1 N–H and O–H groups in total. The van der Waals surface area contributed by atoms with Crippen molar-refractivity contribution in [3.8, 4) is 17.1 Å². The summed E-state index contributed by atoms with van der Waals surface area (Å²) in [6.45, 7) is 7.08. The van der Waals surface area contributed by atoms with Crippen LogP contribution in [0.3, 0.4) is 0 Å². The topological polar surface area (TPSA) is 52.0 Å². The van der Waals surface area contributed by atoms with E-state index in [0.717, 1.165) is 59.7 Å². The molecular formula is C19H22N4O. The van der Waals surface area contributed by atoms with Crippen LogP contribution in [0.5, 0.6) is 5.75 Å². The molecule has 1 aliphatic heterocycles. The summed E-state index contributed by atoms with van der Waals surface area (Å²) in [5.41, 5.74) is 6.46. The lowest BCUT2D eigenvalue weighted by Crippen LogP contribution is -2.11. The second-order valence-corrected chi connectivity index (χ2v) is 6.44. The van der Waals surface area contributed by atoms with Gasteiger partial charge in [-0.3, -0.25) is 4.68 Å². The number of nitrogens with zero attached hydrogens (tertiary/aromatic N) is 3. The average molecular weight is 322 g/mol. The van der Waals surface area contributed by atoms with Crippen LogP contribution in [0.15, 0.2) is 24.3 Å². The first kappa shape index (κ1) is 15.1. The second-order valence-electron chi connectivity index (χ2n) is 6.44. The fourth-order valence-corrected chi connectivity index (χ4v) is 3.37. The van der Waals surface area contributed by atoms with Gasteiger partial charge in [-0.2, -0.15) is 5.10 Å². The zero-order valence-corrected chi connectivity index (χ0v) is 14.4. The number of hydrogen-bond acceptors (Lipinski definition) is 4. The molecule has 5 heteroatoms. The molecule has 124 valence electrons. The monoisotopic (exact) mass is 322 g/mol. The van der Waals surface area contributed by atoms with E-state index in [-0.39, 0.29) is 0 Å². The number of ether oxygens (including phenoxy) is 1. The summed E-state index contributed by atoms with van der Waals surface area (Å²) in [4.78, 5) is 4.90. The standard InChI is InChI=1S/C19H22N4O/c1-12-8-17(18-9-14-11-20-5-4-6-23(14)22-18)21-19-13(2)7-15(24-3)10-16(12)19/h7-10,20H,4-6,11H2,1-3H3. The van der Waals surface area contributed by atoms with Gasteiger partial charge in [0.05, 0.1) is 24.0 Å². The van der Waals surface area contributed by atoms with Crippen LogP contribution in [-0.4, -0.2) is 28.4 Å². The average Bonchev–Trinajstić information content (AvgIpc) is 2.86. The van der Waals surface area contributed by atoms with Crippen molar-refractivity contribution in [1.82, 2.24) is 20.1 Å². The Bertz CT molecular complexity index is 890.